The summed E-state index contributed by atoms with van der Waals surface area (Å²) in [5.41, 5.74) is 9.07. The maximum Gasteiger partial charge on any atom is 0.326 e. The van der Waals surface area contributed by atoms with Gasteiger partial charge in [-0.2, -0.15) is 0 Å². The molecule has 4 aromatic rings. The zero-order valence-electron chi connectivity index (χ0n) is 24.0. The molecule has 1 heterocycles. The fourth-order valence-corrected chi connectivity index (χ4v) is 4.73. The zero-order valence-corrected chi connectivity index (χ0v) is 24.0. The number of rotatable bonds is 13. The van der Waals surface area contributed by atoms with Crippen LogP contribution >= 0.6 is 0 Å². The fraction of sp³-hybridized carbons (Fsp3) is 0.250. The van der Waals surface area contributed by atoms with Crippen LogP contribution in [0.5, 0.6) is 11.5 Å². The number of hydrogen-bond donors (Lipinski definition) is 8. The van der Waals surface area contributed by atoms with Gasteiger partial charge in [0, 0.05) is 29.9 Å². The van der Waals surface area contributed by atoms with Crippen molar-refractivity contribution in [3.05, 3.63) is 95.7 Å². The van der Waals surface area contributed by atoms with Gasteiger partial charge in [0.1, 0.15) is 29.6 Å². The van der Waals surface area contributed by atoms with Crippen LogP contribution in [0.2, 0.25) is 0 Å². The fourth-order valence-electron chi connectivity index (χ4n) is 4.73. The van der Waals surface area contributed by atoms with Crippen LogP contribution in [0.1, 0.15) is 23.6 Å². The number of nitrogens with one attached hydrogen (secondary N) is 4. The van der Waals surface area contributed by atoms with Gasteiger partial charge in [0.05, 0.1) is 6.04 Å². The van der Waals surface area contributed by atoms with Crippen molar-refractivity contribution in [2.75, 3.05) is 0 Å². The van der Waals surface area contributed by atoms with Crippen molar-refractivity contribution in [3.8, 4) is 11.5 Å². The third-order valence-corrected chi connectivity index (χ3v) is 7.20. The number of aromatic nitrogens is 1. The summed E-state index contributed by atoms with van der Waals surface area (Å²) in [6.45, 7) is 1.45. The Kier molecular flexibility index (Phi) is 10.2. The number of amides is 3. The van der Waals surface area contributed by atoms with E-state index in [2.05, 4.69) is 20.9 Å². The molecule has 4 unspecified atom stereocenters. The number of hydrogen-bond acceptors (Lipinski definition) is 7. The van der Waals surface area contributed by atoms with E-state index in [1.165, 1.54) is 31.2 Å². The number of fused-ring (bicyclic) bond motifs is 1. The number of nitrogens with two attached hydrogens (primary N) is 1. The van der Waals surface area contributed by atoms with Crippen LogP contribution < -0.4 is 21.7 Å². The van der Waals surface area contributed by atoms with E-state index in [0.717, 1.165) is 16.5 Å². The van der Waals surface area contributed by atoms with E-state index in [1.807, 2.05) is 24.3 Å². The van der Waals surface area contributed by atoms with Gasteiger partial charge in [-0.3, -0.25) is 14.4 Å². The standard InChI is InChI=1S/C32H35N5O7/c1-18(35-30(41)25(33)16-21-17-34-26-5-3-2-4-24(21)26)29(40)36-27(14-19-6-10-22(38)11-7-19)31(42)37-28(32(43)44)15-20-8-12-23(39)13-9-20/h2-13,17-18,25,27-28,34,38-39H,14-16,33H2,1H3,(H,35,41)(H,36,40)(H,37,42)(H,43,44). The van der Waals surface area contributed by atoms with E-state index >= 15 is 0 Å². The van der Waals surface area contributed by atoms with Gasteiger partial charge in [-0.1, -0.05) is 42.5 Å². The van der Waals surface area contributed by atoms with Gasteiger partial charge in [0.2, 0.25) is 17.7 Å². The van der Waals surface area contributed by atoms with E-state index in [1.54, 1.807) is 30.5 Å². The number of aliphatic carboxylic acids is 1. The highest BCUT2D eigenvalue weighted by Gasteiger charge is 2.29. The minimum absolute atomic E-state index is 0.0129. The number of benzene rings is 3. The average molecular weight is 602 g/mol. The largest absolute Gasteiger partial charge is 0.508 e. The van der Waals surface area contributed by atoms with Gasteiger partial charge in [0.15, 0.2) is 0 Å². The quantitative estimate of drug-likeness (QED) is 0.112. The number of carboxylic acids is 1. The lowest BCUT2D eigenvalue weighted by atomic mass is 10.0. The molecule has 9 N–H and O–H groups in total. The lowest BCUT2D eigenvalue weighted by Gasteiger charge is -2.24. The second-order valence-corrected chi connectivity index (χ2v) is 10.6. The van der Waals surface area contributed by atoms with Gasteiger partial charge in [-0.25, -0.2) is 4.79 Å². The summed E-state index contributed by atoms with van der Waals surface area (Å²) in [6, 6.07) is 14.9. The molecular weight excluding hydrogens is 566 g/mol. The Morgan fingerprint density at radius 2 is 1.27 bits per heavy atom. The van der Waals surface area contributed by atoms with Gasteiger partial charge >= 0.3 is 5.97 Å². The molecule has 1 aromatic heterocycles. The summed E-state index contributed by atoms with van der Waals surface area (Å²) >= 11 is 0. The summed E-state index contributed by atoms with van der Waals surface area (Å²) in [6.07, 6.45) is 1.92. The predicted octanol–water partition coefficient (Wildman–Crippen LogP) is 1.49. The van der Waals surface area contributed by atoms with Crippen molar-refractivity contribution < 1.29 is 34.5 Å². The highest BCUT2D eigenvalue weighted by molar-refractivity contribution is 5.94. The first-order valence-electron chi connectivity index (χ1n) is 14.0. The Labute approximate surface area is 253 Å². The zero-order chi connectivity index (χ0) is 31.8. The number of phenolic OH excluding ortho intramolecular Hbond substituents is 2. The minimum Gasteiger partial charge on any atom is -0.508 e. The van der Waals surface area contributed by atoms with Gasteiger partial charge in [-0.05, 0) is 60.4 Å². The molecule has 4 rings (SSSR count). The number of aromatic amines is 1. The molecule has 230 valence electrons. The van der Waals surface area contributed by atoms with E-state index < -0.39 is 47.9 Å². The first-order chi connectivity index (χ1) is 21.0. The van der Waals surface area contributed by atoms with Crippen molar-refractivity contribution in [1.82, 2.24) is 20.9 Å². The number of aromatic hydroxyl groups is 2. The van der Waals surface area contributed by atoms with Crippen molar-refractivity contribution in [2.45, 2.75) is 50.4 Å². The topological polar surface area (TPSA) is 207 Å². The first-order valence-corrected chi connectivity index (χ1v) is 14.0. The molecule has 3 amide bonds. The third-order valence-electron chi connectivity index (χ3n) is 7.20. The molecule has 0 bridgehead atoms. The normalized spacial score (nSPS) is 13.8. The molecule has 0 aliphatic carbocycles. The van der Waals surface area contributed by atoms with Gasteiger partial charge in [0.25, 0.3) is 0 Å². The van der Waals surface area contributed by atoms with Crippen LogP contribution in [0.25, 0.3) is 10.9 Å². The average Bonchev–Trinajstić information content (AvgIpc) is 3.40. The molecule has 0 spiro atoms. The molecule has 0 saturated heterocycles. The summed E-state index contributed by atoms with van der Waals surface area (Å²) in [4.78, 5) is 54.5. The van der Waals surface area contributed by atoms with Crippen LogP contribution in [0.15, 0.2) is 79.0 Å². The number of H-pyrrole nitrogens is 1. The van der Waals surface area contributed by atoms with Crippen LogP contribution in [-0.4, -0.2) is 68.2 Å². The lowest BCUT2D eigenvalue weighted by molar-refractivity contribution is -0.142. The van der Waals surface area contributed by atoms with Crippen LogP contribution in [0.4, 0.5) is 0 Å². The molecule has 0 saturated carbocycles. The SMILES string of the molecule is CC(NC(=O)C(N)Cc1c[nH]c2ccccc12)C(=O)NC(Cc1ccc(O)cc1)C(=O)NC(Cc1ccc(O)cc1)C(=O)O. The van der Waals surface area contributed by atoms with E-state index in [-0.39, 0.29) is 30.8 Å². The number of carboxylic acid groups (broad SMARTS) is 1. The smallest absolute Gasteiger partial charge is 0.326 e. The third kappa shape index (κ3) is 8.35. The summed E-state index contributed by atoms with van der Waals surface area (Å²) < 4.78 is 0. The summed E-state index contributed by atoms with van der Waals surface area (Å²) in [7, 11) is 0. The molecule has 4 atom stereocenters. The monoisotopic (exact) mass is 601 g/mol. The van der Waals surface area contributed by atoms with Crippen LogP contribution in [0, 0.1) is 0 Å². The highest BCUT2D eigenvalue weighted by atomic mass is 16.4. The predicted molar refractivity (Wildman–Crippen MR) is 163 cm³/mol. The second-order valence-electron chi connectivity index (χ2n) is 10.6. The summed E-state index contributed by atoms with van der Waals surface area (Å²) in [5.74, 6) is -3.25. The Bertz CT molecular complexity index is 1620. The number of carbonyl (C=O) groups is 4. The second kappa shape index (κ2) is 14.2. The Balaban J connectivity index is 1.42. The molecule has 12 heteroatoms. The Morgan fingerprint density at radius 1 is 0.727 bits per heavy atom. The molecule has 0 radical (unpaired) electrons. The molecule has 12 nitrogen and oxygen atoms in total. The van der Waals surface area contributed by atoms with Crippen molar-refractivity contribution >= 4 is 34.6 Å². The molecule has 44 heavy (non-hydrogen) atoms. The molecular formula is C32H35N5O7. The number of para-hydroxylation sites is 1. The van der Waals surface area contributed by atoms with Crippen LogP contribution in [0.3, 0.4) is 0 Å². The van der Waals surface area contributed by atoms with Crippen molar-refractivity contribution in [3.63, 3.8) is 0 Å². The van der Waals surface area contributed by atoms with Crippen LogP contribution in [-0.2, 0) is 38.4 Å². The molecule has 0 fully saturated rings. The van der Waals surface area contributed by atoms with E-state index in [0.29, 0.717) is 11.1 Å². The first kappa shape index (κ1) is 31.6. The number of carbonyl (C=O) groups excluding carboxylic acids is 3. The molecule has 0 aliphatic heterocycles. The van der Waals surface area contributed by atoms with Crippen molar-refractivity contribution in [2.24, 2.45) is 5.73 Å². The van der Waals surface area contributed by atoms with E-state index in [4.69, 9.17) is 5.73 Å². The number of phenols is 2. The summed E-state index contributed by atoms with van der Waals surface area (Å²) in [5, 5.41) is 37.5. The van der Waals surface area contributed by atoms with Gasteiger partial charge in [-0.15, -0.1) is 0 Å². The van der Waals surface area contributed by atoms with Gasteiger partial charge < -0.3 is 42.0 Å². The molecule has 0 aliphatic rings. The highest BCUT2D eigenvalue weighted by Crippen LogP contribution is 2.19. The van der Waals surface area contributed by atoms with Crippen molar-refractivity contribution in [1.29, 1.82) is 0 Å². The Hall–Kier alpha value is -5.36. The Morgan fingerprint density at radius 3 is 1.86 bits per heavy atom. The maximum atomic E-state index is 13.4. The van der Waals surface area contributed by atoms with E-state index in [9.17, 15) is 34.5 Å². The minimum atomic E-state index is -1.33. The molecule has 3 aromatic carbocycles. The maximum absolute atomic E-state index is 13.4. The lowest BCUT2D eigenvalue weighted by Crippen LogP contribution is -2.57.